The van der Waals surface area contributed by atoms with Crippen molar-refractivity contribution in [2.24, 2.45) is 5.73 Å². The molecule has 16 heavy (non-hydrogen) atoms. The van der Waals surface area contributed by atoms with Gasteiger partial charge in [0.25, 0.3) is 6.43 Å². The number of nitrogens with zero attached hydrogens (tertiary/aromatic N) is 1. The zero-order valence-electron chi connectivity index (χ0n) is 9.37. The highest BCUT2D eigenvalue weighted by Gasteiger charge is 2.11. The van der Waals surface area contributed by atoms with Gasteiger partial charge < -0.3 is 10.5 Å². The van der Waals surface area contributed by atoms with Crippen LogP contribution in [0.4, 0.5) is 8.78 Å². The van der Waals surface area contributed by atoms with Crippen molar-refractivity contribution in [2.45, 2.75) is 32.7 Å². The van der Waals surface area contributed by atoms with Crippen LogP contribution in [0.25, 0.3) is 0 Å². The van der Waals surface area contributed by atoms with E-state index in [-0.39, 0.29) is 12.6 Å². The van der Waals surface area contributed by atoms with E-state index in [0.717, 1.165) is 15.6 Å². The maximum Gasteiger partial charge on any atom is 0.261 e. The highest BCUT2D eigenvalue weighted by molar-refractivity contribution is 7.11. The zero-order valence-corrected chi connectivity index (χ0v) is 10.2. The topological polar surface area (TPSA) is 48.1 Å². The largest absolute Gasteiger partial charge is 0.375 e. The Morgan fingerprint density at radius 2 is 2.19 bits per heavy atom. The van der Waals surface area contributed by atoms with Crippen molar-refractivity contribution in [1.82, 2.24) is 4.98 Å². The zero-order chi connectivity index (χ0) is 12.1. The molecule has 1 rings (SSSR count). The van der Waals surface area contributed by atoms with Gasteiger partial charge in [0.2, 0.25) is 0 Å². The van der Waals surface area contributed by atoms with E-state index in [2.05, 4.69) is 4.98 Å². The van der Waals surface area contributed by atoms with Gasteiger partial charge in [-0.25, -0.2) is 13.8 Å². The molecule has 0 amide bonds. The predicted octanol–water partition coefficient (Wildman–Crippen LogP) is 2.30. The lowest BCUT2D eigenvalue weighted by molar-refractivity contribution is 0.0187. The first-order valence-electron chi connectivity index (χ1n) is 5.08. The molecule has 0 spiro atoms. The van der Waals surface area contributed by atoms with Crippen LogP contribution in [-0.4, -0.2) is 24.6 Å². The van der Waals surface area contributed by atoms with Crippen LogP contribution in [0.15, 0.2) is 0 Å². The minimum Gasteiger partial charge on any atom is -0.375 e. The van der Waals surface area contributed by atoms with Crippen molar-refractivity contribution in [3.05, 3.63) is 15.6 Å². The summed E-state index contributed by atoms with van der Waals surface area (Å²) in [5.74, 6) is 0. The highest BCUT2D eigenvalue weighted by atomic mass is 32.1. The molecule has 1 atom stereocenters. The van der Waals surface area contributed by atoms with Crippen LogP contribution in [0.5, 0.6) is 0 Å². The molecule has 2 N–H and O–H groups in total. The second-order valence-electron chi connectivity index (χ2n) is 3.56. The van der Waals surface area contributed by atoms with E-state index >= 15 is 0 Å². The van der Waals surface area contributed by atoms with Crippen LogP contribution < -0.4 is 5.73 Å². The van der Waals surface area contributed by atoms with E-state index in [1.54, 1.807) is 0 Å². The summed E-state index contributed by atoms with van der Waals surface area (Å²) >= 11 is 1.52. The molecule has 92 valence electrons. The van der Waals surface area contributed by atoms with Gasteiger partial charge in [0.15, 0.2) is 0 Å². The first-order valence-corrected chi connectivity index (χ1v) is 5.90. The number of hydrogen-bond acceptors (Lipinski definition) is 4. The molecular weight excluding hydrogens is 234 g/mol. The molecule has 3 nitrogen and oxygen atoms in total. The number of nitrogens with two attached hydrogens (primary N) is 1. The molecule has 0 aliphatic heterocycles. The fourth-order valence-corrected chi connectivity index (χ4v) is 2.33. The Morgan fingerprint density at radius 1 is 1.50 bits per heavy atom. The molecule has 0 radical (unpaired) electrons. The van der Waals surface area contributed by atoms with Crippen molar-refractivity contribution >= 4 is 11.3 Å². The molecule has 1 heterocycles. The lowest BCUT2D eigenvalue weighted by Gasteiger charge is -2.01. The lowest BCUT2D eigenvalue weighted by Crippen LogP contribution is -2.06. The number of halogens is 2. The third-order valence-corrected chi connectivity index (χ3v) is 3.41. The number of rotatable bonds is 6. The van der Waals surface area contributed by atoms with Gasteiger partial charge in [-0.05, 0) is 13.8 Å². The maximum absolute atomic E-state index is 11.8. The summed E-state index contributed by atoms with van der Waals surface area (Å²) in [4.78, 5) is 5.36. The Labute approximate surface area is 97.6 Å². The minimum atomic E-state index is -2.40. The minimum absolute atomic E-state index is 0.0340. The normalized spacial score (nSPS) is 13.4. The smallest absolute Gasteiger partial charge is 0.261 e. The first-order chi connectivity index (χ1) is 7.50. The summed E-state index contributed by atoms with van der Waals surface area (Å²) in [7, 11) is 0. The average molecular weight is 250 g/mol. The van der Waals surface area contributed by atoms with E-state index in [1.165, 1.54) is 11.3 Å². The molecule has 6 heteroatoms. The monoisotopic (exact) mass is 250 g/mol. The van der Waals surface area contributed by atoms with E-state index in [9.17, 15) is 8.78 Å². The van der Waals surface area contributed by atoms with Crippen LogP contribution in [0.3, 0.4) is 0 Å². The molecule has 1 unspecified atom stereocenters. The third kappa shape index (κ3) is 4.11. The van der Waals surface area contributed by atoms with E-state index < -0.39 is 13.0 Å². The molecule has 1 aromatic rings. The summed E-state index contributed by atoms with van der Waals surface area (Å²) in [6.07, 6.45) is -1.84. The molecule has 0 saturated heterocycles. The number of aromatic nitrogens is 1. The molecule has 0 bridgehead atoms. The Balaban J connectivity index is 2.40. The Kier molecular flexibility index (Phi) is 5.24. The quantitative estimate of drug-likeness (QED) is 0.788. The number of aryl methyl sites for hydroxylation is 1. The number of thiazole rings is 1. The predicted molar refractivity (Wildman–Crippen MR) is 60.0 cm³/mol. The summed E-state index contributed by atoms with van der Waals surface area (Å²) in [5.41, 5.74) is 6.68. The van der Waals surface area contributed by atoms with E-state index in [4.69, 9.17) is 10.5 Å². The van der Waals surface area contributed by atoms with Crippen LogP contribution in [0.2, 0.25) is 0 Å². The fraction of sp³-hybridized carbons (Fsp3) is 0.700. The summed E-state index contributed by atoms with van der Waals surface area (Å²) in [6.45, 7) is 3.57. The standard InChI is InChI=1S/C10H16F2N2OS/c1-6(13)10-7(2)14-9(16-10)3-4-15-5-8(11)12/h6,8H,3-5,13H2,1-2H3. The van der Waals surface area contributed by atoms with Crippen molar-refractivity contribution in [1.29, 1.82) is 0 Å². The Hall–Kier alpha value is -0.590. The van der Waals surface area contributed by atoms with Crippen molar-refractivity contribution < 1.29 is 13.5 Å². The fourth-order valence-electron chi connectivity index (χ4n) is 1.33. The molecule has 1 aromatic heterocycles. The average Bonchev–Trinajstić information content (AvgIpc) is 2.54. The molecule has 0 fully saturated rings. The number of ether oxygens (including phenoxy) is 1. The van der Waals surface area contributed by atoms with Gasteiger partial charge in [-0.3, -0.25) is 0 Å². The van der Waals surface area contributed by atoms with Crippen LogP contribution >= 0.6 is 11.3 Å². The van der Waals surface area contributed by atoms with Gasteiger partial charge in [0.05, 0.1) is 17.3 Å². The molecule has 0 aromatic carbocycles. The summed E-state index contributed by atoms with van der Waals surface area (Å²) in [6, 6.07) is -0.0340. The van der Waals surface area contributed by atoms with Crippen molar-refractivity contribution in [3.8, 4) is 0 Å². The summed E-state index contributed by atoms with van der Waals surface area (Å²) in [5, 5.41) is 0.888. The SMILES string of the molecule is Cc1nc(CCOCC(F)F)sc1C(C)N. The lowest BCUT2D eigenvalue weighted by atomic mass is 10.2. The van der Waals surface area contributed by atoms with Gasteiger partial charge in [-0.1, -0.05) is 0 Å². The van der Waals surface area contributed by atoms with Gasteiger partial charge in [-0.15, -0.1) is 11.3 Å². The highest BCUT2D eigenvalue weighted by Crippen LogP contribution is 2.23. The molecule has 0 aliphatic rings. The molecular formula is C10H16F2N2OS. The second-order valence-corrected chi connectivity index (χ2v) is 4.68. The van der Waals surface area contributed by atoms with Crippen molar-refractivity contribution in [2.75, 3.05) is 13.2 Å². The second kappa shape index (κ2) is 6.22. The van der Waals surface area contributed by atoms with Gasteiger partial charge >= 0.3 is 0 Å². The summed E-state index contributed by atoms with van der Waals surface area (Å²) < 4.78 is 28.4. The van der Waals surface area contributed by atoms with Gasteiger partial charge in [0, 0.05) is 17.3 Å². The first kappa shape index (κ1) is 13.5. The van der Waals surface area contributed by atoms with Gasteiger partial charge in [0.1, 0.15) is 6.61 Å². The Morgan fingerprint density at radius 3 is 2.69 bits per heavy atom. The van der Waals surface area contributed by atoms with E-state index in [0.29, 0.717) is 6.42 Å². The number of alkyl halides is 2. The maximum atomic E-state index is 11.8. The van der Waals surface area contributed by atoms with Crippen molar-refractivity contribution in [3.63, 3.8) is 0 Å². The third-order valence-electron chi connectivity index (χ3n) is 1.99. The van der Waals surface area contributed by atoms with Crippen LogP contribution in [0, 0.1) is 6.92 Å². The van der Waals surface area contributed by atoms with Gasteiger partial charge in [-0.2, -0.15) is 0 Å². The number of hydrogen-bond donors (Lipinski definition) is 1. The molecule has 0 aliphatic carbocycles. The van der Waals surface area contributed by atoms with Crippen LogP contribution in [0.1, 0.15) is 28.5 Å². The Bertz CT molecular complexity index is 329. The molecule has 0 saturated carbocycles. The van der Waals surface area contributed by atoms with Crippen LogP contribution in [-0.2, 0) is 11.2 Å². The van der Waals surface area contributed by atoms with E-state index in [1.807, 2.05) is 13.8 Å².